The van der Waals surface area contributed by atoms with E-state index in [4.69, 9.17) is 9.84 Å². The molecule has 0 unspecified atom stereocenters. The predicted molar refractivity (Wildman–Crippen MR) is 64.4 cm³/mol. The number of aliphatic hydroxyl groups is 3. The van der Waals surface area contributed by atoms with Crippen LogP contribution in [0.2, 0.25) is 0 Å². The van der Waals surface area contributed by atoms with Crippen molar-refractivity contribution >= 4 is 6.29 Å². The van der Waals surface area contributed by atoms with Gasteiger partial charge in [0.15, 0.2) is 6.29 Å². The highest BCUT2D eigenvalue weighted by Crippen LogP contribution is 2.32. The summed E-state index contributed by atoms with van der Waals surface area (Å²) in [6, 6.07) is 0. The van der Waals surface area contributed by atoms with Crippen LogP contribution in [0.1, 0.15) is 22.2 Å². The summed E-state index contributed by atoms with van der Waals surface area (Å²) in [5, 5.41) is 28.5. The van der Waals surface area contributed by atoms with Crippen molar-refractivity contribution in [3.63, 3.8) is 0 Å². The van der Waals surface area contributed by atoms with Crippen LogP contribution in [0.25, 0.3) is 0 Å². The van der Waals surface area contributed by atoms with E-state index in [9.17, 15) is 24.6 Å². The molecule has 20 heavy (non-hydrogen) atoms. The Bertz CT molecular complexity index is 635. The van der Waals surface area contributed by atoms with Gasteiger partial charge in [-0.15, -0.1) is 0 Å². The minimum atomic E-state index is -1.50. The van der Waals surface area contributed by atoms with Crippen molar-refractivity contribution in [3.05, 3.63) is 32.1 Å². The third kappa shape index (κ3) is 2.10. The predicted octanol–water partition coefficient (Wildman–Crippen LogP) is -2.96. The maximum absolute atomic E-state index is 11.8. The van der Waals surface area contributed by atoms with E-state index >= 15 is 0 Å². The molecule has 0 aliphatic carbocycles. The van der Waals surface area contributed by atoms with Crippen molar-refractivity contribution in [2.45, 2.75) is 24.4 Å². The molecule has 9 heteroatoms. The van der Waals surface area contributed by atoms with E-state index < -0.39 is 42.3 Å². The Labute approximate surface area is 112 Å². The summed E-state index contributed by atoms with van der Waals surface area (Å²) in [7, 11) is 1.27. The second-order valence-electron chi connectivity index (χ2n) is 4.49. The number of ether oxygens (including phenoxy) is 1. The number of hydrogen-bond acceptors (Lipinski definition) is 7. The maximum Gasteiger partial charge on any atom is 0.328 e. The number of rotatable bonds is 3. The van der Waals surface area contributed by atoms with Gasteiger partial charge in [0.05, 0.1) is 17.9 Å². The van der Waals surface area contributed by atoms with Gasteiger partial charge >= 0.3 is 5.69 Å². The normalized spacial score (nSPS) is 29.6. The van der Waals surface area contributed by atoms with Crippen molar-refractivity contribution in [1.29, 1.82) is 0 Å². The third-order valence-corrected chi connectivity index (χ3v) is 3.35. The molecule has 0 bridgehead atoms. The number of aldehydes is 1. The largest absolute Gasteiger partial charge is 0.394 e. The summed E-state index contributed by atoms with van der Waals surface area (Å²) >= 11 is 0. The van der Waals surface area contributed by atoms with E-state index in [1.54, 1.807) is 0 Å². The zero-order valence-corrected chi connectivity index (χ0v) is 10.5. The molecular formula is C11H14N2O7. The molecule has 1 aromatic rings. The van der Waals surface area contributed by atoms with Gasteiger partial charge in [0.1, 0.15) is 24.4 Å². The Balaban J connectivity index is 2.59. The number of carbonyl (C=O) groups excluding carboxylic acids is 1. The molecular weight excluding hydrogens is 272 g/mol. The molecule has 0 radical (unpaired) electrons. The van der Waals surface area contributed by atoms with Gasteiger partial charge in [-0.05, 0) is 0 Å². The fourth-order valence-corrected chi connectivity index (χ4v) is 2.21. The smallest absolute Gasteiger partial charge is 0.328 e. The molecule has 1 aliphatic heterocycles. The van der Waals surface area contributed by atoms with Gasteiger partial charge < -0.3 is 20.1 Å². The molecule has 0 amide bonds. The van der Waals surface area contributed by atoms with Crippen LogP contribution in [0.5, 0.6) is 0 Å². The Morgan fingerprint density at radius 3 is 2.50 bits per heavy atom. The van der Waals surface area contributed by atoms with Crippen LogP contribution in [0.3, 0.4) is 0 Å². The number of aliphatic hydroxyl groups excluding tert-OH is 3. The summed E-state index contributed by atoms with van der Waals surface area (Å²) in [6.07, 6.45) is -4.99. The van der Waals surface area contributed by atoms with Gasteiger partial charge in [-0.2, -0.15) is 0 Å². The highest BCUT2D eigenvalue weighted by atomic mass is 16.6. The van der Waals surface area contributed by atoms with Gasteiger partial charge in [-0.1, -0.05) is 0 Å². The van der Waals surface area contributed by atoms with E-state index in [2.05, 4.69) is 0 Å². The Hall–Kier alpha value is -1.81. The Morgan fingerprint density at radius 1 is 1.35 bits per heavy atom. The van der Waals surface area contributed by atoms with E-state index in [0.717, 1.165) is 4.57 Å². The van der Waals surface area contributed by atoms with Crippen LogP contribution >= 0.6 is 0 Å². The highest BCUT2D eigenvalue weighted by molar-refractivity contribution is 5.74. The summed E-state index contributed by atoms with van der Waals surface area (Å²) < 4.78 is 6.10. The standard InChI is InChI=1S/C11H14N2O7/c1-13-4(2-14)6(10(18)12-11(13)19)9-8(17)7(16)5(3-15)20-9/h2,5,7-9,15-17H,3H2,1H3,(H,12,18,19)/t5-,7-,8-,9+/m1/s1. The lowest BCUT2D eigenvalue weighted by Crippen LogP contribution is -2.37. The van der Waals surface area contributed by atoms with Gasteiger partial charge in [-0.3, -0.25) is 19.1 Å². The molecule has 0 aromatic carbocycles. The third-order valence-electron chi connectivity index (χ3n) is 3.35. The van der Waals surface area contributed by atoms with E-state index in [-0.39, 0.29) is 11.3 Å². The highest BCUT2D eigenvalue weighted by Gasteiger charge is 2.45. The van der Waals surface area contributed by atoms with Crippen molar-refractivity contribution in [2.24, 2.45) is 7.05 Å². The number of nitrogens with zero attached hydrogens (tertiary/aromatic N) is 1. The first-order valence-corrected chi connectivity index (χ1v) is 5.83. The summed E-state index contributed by atoms with van der Waals surface area (Å²) in [6.45, 7) is -0.561. The summed E-state index contributed by atoms with van der Waals surface area (Å²) in [4.78, 5) is 36.3. The molecule has 2 rings (SSSR count). The second-order valence-corrected chi connectivity index (χ2v) is 4.49. The first kappa shape index (κ1) is 14.6. The lowest BCUT2D eigenvalue weighted by atomic mass is 10.0. The zero-order chi connectivity index (χ0) is 15.0. The van der Waals surface area contributed by atoms with E-state index in [1.807, 2.05) is 4.98 Å². The molecule has 1 aliphatic rings. The maximum atomic E-state index is 11.8. The zero-order valence-electron chi connectivity index (χ0n) is 10.5. The molecule has 9 nitrogen and oxygen atoms in total. The fraction of sp³-hybridized carbons (Fsp3) is 0.545. The lowest BCUT2D eigenvalue weighted by Gasteiger charge is -2.16. The summed E-state index contributed by atoms with van der Waals surface area (Å²) in [5.41, 5.74) is -2.18. The minimum Gasteiger partial charge on any atom is -0.394 e. The quantitative estimate of drug-likeness (QED) is 0.435. The summed E-state index contributed by atoms with van der Waals surface area (Å²) in [5.74, 6) is 0. The monoisotopic (exact) mass is 286 g/mol. The van der Waals surface area contributed by atoms with E-state index in [1.165, 1.54) is 7.05 Å². The molecule has 1 aromatic heterocycles. The molecule has 1 fully saturated rings. The van der Waals surface area contributed by atoms with Crippen molar-refractivity contribution in [3.8, 4) is 0 Å². The number of hydrogen-bond donors (Lipinski definition) is 4. The molecule has 0 spiro atoms. The second kappa shape index (κ2) is 5.29. The average Bonchev–Trinajstić information content (AvgIpc) is 2.70. The van der Waals surface area contributed by atoms with Crippen molar-refractivity contribution in [2.75, 3.05) is 6.61 Å². The van der Waals surface area contributed by atoms with Crippen LogP contribution in [-0.4, -0.2) is 56.1 Å². The number of aromatic nitrogens is 2. The van der Waals surface area contributed by atoms with Gasteiger partial charge in [0, 0.05) is 7.05 Å². The van der Waals surface area contributed by atoms with Crippen LogP contribution in [0, 0.1) is 0 Å². The number of aromatic amines is 1. The molecule has 4 N–H and O–H groups in total. The molecule has 4 atom stereocenters. The first-order valence-electron chi connectivity index (χ1n) is 5.83. The van der Waals surface area contributed by atoms with Gasteiger partial charge in [0.25, 0.3) is 5.56 Å². The molecule has 1 saturated heterocycles. The van der Waals surface area contributed by atoms with Crippen LogP contribution in [0.15, 0.2) is 9.59 Å². The van der Waals surface area contributed by atoms with E-state index in [0.29, 0.717) is 6.29 Å². The lowest BCUT2D eigenvalue weighted by molar-refractivity contribution is -0.0234. The SMILES string of the molecule is Cn1c(C=O)c([C@@H]2O[C@H](CO)[C@@H](O)[C@H]2O)c(=O)[nH]c1=O. The molecule has 110 valence electrons. The van der Waals surface area contributed by atoms with Gasteiger partial charge in [0.2, 0.25) is 0 Å². The Morgan fingerprint density at radius 2 is 2.00 bits per heavy atom. The van der Waals surface area contributed by atoms with Gasteiger partial charge in [-0.25, -0.2) is 4.79 Å². The Kier molecular flexibility index (Phi) is 3.86. The fourth-order valence-electron chi connectivity index (χ4n) is 2.21. The number of carbonyl (C=O) groups is 1. The molecule has 0 saturated carbocycles. The first-order chi connectivity index (χ1) is 9.42. The topological polar surface area (TPSA) is 142 Å². The van der Waals surface area contributed by atoms with Crippen LogP contribution < -0.4 is 11.2 Å². The van der Waals surface area contributed by atoms with Crippen LogP contribution in [-0.2, 0) is 11.8 Å². The number of H-pyrrole nitrogens is 1. The van der Waals surface area contributed by atoms with Crippen molar-refractivity contribution in [1.82, 2.24) is 9.55 Å². The van der Waals surface area contributed by atoms with Crippen molar-refractivity contribution < 1.29 is 24.9 Å². The van der Waals surface area contributed by atoms with Crippen LogP contribution in [0.4, 0.5) is 0 Å². The number of nitrogens with one attached hydrogen (secondary N) is 1. The minimum absolute atomic E-state index is 0.256. The molecule has 2 heterocycles. The average molecular weight is 286 g/mol.